The van der Waals surface area contributed by atoms with Gasteiger partial charge in [0.1, 0.15) is 11.4 Å². The number of rotatable bonds is 3. The summed E-state index contributed by atoms with van der Waals surface area (Å²) in [5.41, 5.74) is 6.41. The highest BCUT2D eigenvalue weighted by Crippen LogP contribution is 2.12. The Kier molecular flexibility index (Phi) is 3.06. The first-order valence-electron chi connectivity index (χ1n) is 4.49. The van der Waals surface area contributed by atoms with Gasteiger partial charge in [-0.3, -0.25) is 0 Å². The quantitative estimate of drug-likeness (QED) is 0.765. The molecule has 0 fully saturated rings. The van der Waals surface area contributed by atoms with Gasteiger partial charge in [0.2, 0.25) is 0 Å². The third-order valence-corrected chi connectivity index (χ3v) is 1.83. The van der Waals surface area contributed by atoms with E-state index in [9.17, 15) is 4.79 Å². The highest BCUT2D eigenvalue weighted by Gasteiger charge is 2.09. The van der Waals surface area contributed by atoms with E-state index in [-0.39, 0.29) is 11.4 Å². The van der Waals surface area contributed by atoms with Crippen LogP contribution in [0.5, 0.6) is 0 Å². The Labute approximate surface area is 82.8 Å². The molecule has 1 rings (SSSR count). The van der Waals surface area contributed by atoms with Gasteiger partial charge < -0.3 is 10.8 Å². The average molecular weight is 194 g/mol. The zero-order valence-corrected chi connectivity index (χ0v) is 8.32. The Hall–Kier alpha value is -1.58. The topological polar surface area (TPSA) is 76.2 Å². The largest absolute Gasteiger partial charge is 0.478 e. The summed E-state index contributed by atoms with van der Waals surface area (Å²) in [7, 11) is 0. The molecule has 0 aliphatic carbocycles. The first-order chi connectivity index (χ1) is 6.50. The molecule has 0 atom stereocenters. The number of hydrogen-bond acceptors (Lipinski definition) is 3. The molecule has 0 saturated carbocycles. The lowest BCUT2D eigenvalue weighted by molar-refractivity contribution is 0.0697. The lowest BCUT2D eigenvalue weighted by Crippen LogP contribution is -2.07. The SMILES string of the molecule is CC(C)Cc1ccc(C(=O)O)c(N)n1. The van der Waals surface area contributed by atoms with Crippen molar-refractivity contribution >= 4 is 11.8 Å². The van der Waals surface area contributed by atoms with Crippen LogP contribution in [-0.4, -0.2) is 16.1 Å². The number of nitrogen functional groups attached to an aromatic ring is 1. The standard InChI is InChI=1S/C10H14N2O2/c1-6(2)5-7-3-4-8(10(13)14)9(11)12-7/h3-4,6H,5H2,1-2H3,(H2,11,12)(H,13,14). The van der Waals surface area contributed by atoms with Crippen LogP contribution < -0.4 is 5.73 Å². The van der Waals surface area contributed by atoms with Crippen molar-refractivity contribution < 1.29 is 9.90 Å². The summed E-state index contributed by atoms with van der Waals surface area (Å²) in [6.45, 7) is 4.14. The van der Waals surface area contributed by atoms with Crippen molar-refractivity contribution in [2.75, 3.05) is 5.73 Å². The fourth-order valence-electron chi connectivity index (χ4n) is 1.23. The fraction of sp³-hybridized carbons (Fsp3) is 0.400. The minimum atomic E-state index is -1.04. The maximum Gasteiger partial charge on any atom is 0.339 e. The molecule has 0 radical (unpaired) electrons. The molecule has 1 heterocycles. The fourth-order valence-corrected chi connectivity index (χ4v) is 1.23. The maximum absolute atomic E-state index is 10.6. The molecule has 76 valence electrons. The molecular weight excluding hydrogens is 180 g/mol. The average Bonchev–Trinajstić information content (AvgIpc) is 2.01. The Morgan fingerprint density at radius 3 is 2.64 bits per heavy atom. The van der Waals surface area contributed by atoms with E-state index in [4.69, 9.17) is 10.8 Å². The number of anilines is 1. The van der Waals surface area contributed by atoms with E-state index in [1.54, 1.807) is 6.07 Å². The van der Waals surface area contributed by atoms with E-state index in [2.05, 4.69) is 18.8 Å². The summed E-state index contributed by atoms with van der Waals surface area (Å²) in [6.07, 6.45) is 0.810. The number of nitrogens with zero attached hydrogens (tertiary/aromatic N) is 1. The third-order valence-electron chi connectivity index (χ3n) is 1.83. The van der Waals surface area contributed by atoms with Crippen LogP contribution in [0.2, 0.25) is 0 Å². The van der Waals surface area contributed by atoms with Gasteiger partial charge in [-0.25, -0.2) is 9.78 Å². The van der Waals surface area contributed by atoms with Crippen LogP contribution in [-0.2, 0) is 6.42 Å². The summed E-state index contributed by atoms with van der Waals surface area (Å²) in [4.78, 5) is 14.7. The van der Waals surface area contributed by atoms with E-state index >= 15 is 0 Å². The molecule has 4 heteroatoms. The second-order valence-corrected chi connectivity index (χ2v) is 3.64. The molecular formula is C10H14N2O2. The van der Waals surface area contributed by atoms with Gasteiger partial charge in [-0.05, 0) is 24.5 Å². The first kappa shape index (κ1) is 10.5. The summed E-state index contributed by atoms with van der Waals surface area (Å²) < 4.78 is 0. The second kappa shape index (κ2) is 4.09. The highest BCUT2D eigenvalue weighted by atomic mass is 16.4. The van der Waals surface area contributed by atoms with Crippen LogP contribution in [0.25, 0.3) is 0 Å². The number of aromatic nitrogens is 1. The third kappa shape index (κ3) is 2.45. The molecule has 1 aromatic rings. The molecule has 1 aromatic heterocycles. The number of aromatic carboxylic acids is 1. The van der Waals surface area contributed by atoms with Crippen molar-refractivity contribution in [1.29, 1.82) is 0 Å². The van der Waals surface area contributed by atoms with Crippen molar-refractivity contribution in [3.05, 3.63) is 23.4 Å². The van der Waals surface area contributed by atoms with Crippen LogP contribution in [0.3, 0.4) is 0 Å². The number of carboxylic acid groups (broad SMARTS) is 1. The molecule has 0 unspecified atom stereocenters. The highest BCUT2D eigenvalue weighted by molar-refractivity contribution is 5.92. The molecule has 0 spiro atoms. The molecule has 0 saturated heterocycles. The first-order valence-corrected chi connectivity index (χ1v) is 4.49. The summed E-state index contributed by atoms with van der Waals surface area (Å²) in [5, 5.41) is 8.72. The second-order valence-electron chi connectivity index (χ2n) is 3.64. The zero-order chi connectivity index (χ0) is 10.7. The van der Waals surface area contributed by atoms with Gasteiger partial charge in [0.15, 0.2) is 0 Å². The molecule has 14 heavy (non-hydrogen) atoms. The van der Waals surface area contributed by atoms with Crippen molar-refractivity contribution in [3.63, 3.8) is 0 Å². The van der Waals surface area contributed by atoms with E-state index in [1.165, 1.54) is 6.07 Å². The van der Waals surface area contributed by atoms with Crippen LogP contribution in [0.1, 0.15) is 29.9 Å². The Balaban J connectivity index is 2.94. The van der Waals surface area contributed by atoms with E-state index in [0.29, 0.717) is 5.92 Å². The minimum Gasteiger partial charge on any atom is -0.478 e. The van der Waals surface area contributed by atoms with Crippen molar-refractivity contribution in [2.45, 2.75) is 20.3 Å². The van der Waals surface area contributed by atoms with Crippen molar-refractivity contribution in [1.82, 2.24) is 4.98 Å². The van der Waals surface area contributed by atoms with Crippen LogP contribution in [0.15, 0.2) is 12.1 Å². The van der Waals surface area contributed by atoms with Crippen molar-refractivity contribution in [3.8, 4) is 0 Å². The molecule has 4 nitrogen and oxygen atoms in total. The number of carbonyl (C=O) groups is 1. The number of pyridine rings is 1. The lowest BCUT2D eigenvalue weighted by atomic mass is 10.1. The minimum absolute atomic E-state index is 0.0671. The van der Waals surface area contributed by atoms with Gasteiger partial charge >= 0.3 is 5.97 Å². The number of hydrogen-bond donors (Lipinski definition) is 2. The summed E-state index contributed by atoms with van der Waals surface area (Å²) in [6, 6.07) is 3.21. The van der Waals surface area contributed by atoms with Gasteiger partial charge in [-0.2, -0.15) is 0 Å². The van der Waals surface area contributed by atoms with Crippen LogP contribution in [0, 0.1) is 5.92 Å². The number of nitrogens with two attached hydrogens (primary N) is 1. The van der Waals surface area contributed by atoms with Crippen LogP contribution >= 0.6 is 0 Å². The molecule has 0 aliphatic rings. The number of carboxylic acids is 1. The Bertz CT molecular complexity index is 348. The van der Waals surface area contributed by atoms with Gasteiger partial charge in [0.05, 0.1) is 0 Å². The zero-order valence-electron chi connectivity index (χ0n) is 8.32. The van der Waals surface area contributed by atoms with Gasteiger partial charge in [-0.15, -0.1) is 0 Å². The van der Waals surface area contributed by atoms with E-state index in [1.807, 2.05) is 0 Å². The monoisotopic (exact) mass is 194 g/mol. The Morgan fingerprint density at radius 2 is 2.21 bits per heavy atom. The smallest absolute Gasteiger partial charge is 0.339 e. The molecule has 0 amide bonds. The molecule has 0 aliphatic heterocycles. The molecule has 0 aromatic carbocycles. The predicted molar refractivity (Wildman–Crippen MR) is 54.2 cm³/mol. The lowest BCUT2D eigenvalue weighted by Gasteiger charge is -2.06. The Morgan fingerprint density at radius 1 is 1.57 bits per heavy atom. The van der Waals surface area contributed by atoms with Crippen molar-refractivity contribution in [2.24, 2.45) is 5.92 Å². The van der Waals surface area contributed by atoms with Gasteiger partial charge in [-0.1, -0.05) is 13.8 Å². The maximum atomic E-state index is 10.6. The summed E-state index contributed by atoms with van der Waals surface area (Å²) >= 11 is 0. The van der Waals surface area contributed by atoms with Crippen LogP contribution in [0.4, 0.5) is 5.82 Å². The van der Waals surface area contributed by atoms with Gasteiger partial charge in [0, 0.05) is 5.69 Å². The summed E-state index contributed by atoms with van der Waals surface area (Å²) in [5.74, 6) is -0.459. The molecule has 0 bridgehead atoms. The normalized spacial score (nSPS) is 10.5. The van der Waals surface area contributed by atoms with E-state index in [0.717, 1.165) is 12.1 Å². The molecule has 3 N–H and O–H groups in total. The van der Waals surface area contributed by atoms with E-state index < -0.39 is 5.97 Å². The predicted octanol–water partition coefficient (Wildman–Crippen LogP) is 1.56. The van der Waals surface area contributed by atoms with Gasteiger partial charge in [0.25, 0.3) is 0 Å².